The molecule has 0 spiro atoms. The fourth-order valence-electron chi connectivity index (χ4n) is 3.25. The van der Waals surface area contributed by atoms with Crippen LogP contribution in [0.5, 0.6) is 5.75 Å². The van der Waals surface area contributed by atoms with Crippen LogP contribution in [0.3, 0.4) is 0 Å². The van der Waals surface area contributed by atoms with E-state index in [-0.39, 0.29) is 0 Å². The number of hydrogen-bond donors (Lipinski definition) is 1. The van der Waals surface area contributed by atoms with E-state index in [4.69, 9.17) is 21.1 Å². The zero-order chi connectivity index (χ0) is 13.9. The molecule has 110 valence electrons. The maximum atomic E-state index is 6.18. The predicted octanol–water partition coefficient (Wildman–Crippen LogP) is 3.18. The zero-order valence-corrected chi connectivity index (χ0v) is 12.7. The van der Waals surface area contributed by atoms with Crippen LogP contribution in [-0.2, 0) is 17.7 Å². The second kappa shape index (κ2) is 6.33. The Kier molecular flexibility index (Phi) is 4.49. The Hall–Kier alpha value is -0.770. The Bertz CT molecular complexity index is 478. The minimum Gasteiger partial charge on any atom is -0.493 e. The summed E-state index contributed by atoms with van der Waals surface area (Å²) in [5.74, 6) is 1.67. The first-order valence-electron chi connectivity index (χ1n) is 7.54. The lowest BCUT2D eigenvalue weighted by molar-refractivity contribution is 0.0872. The number of halogens is 1. The molecule has 20 heavy (non-hydrogen) atoms. The number of benzene rings is 1. The number of nitrogens with one attached hydrogen (secondary N) is 1. The van der Waals surface area contributed by atoms with Crippen molar-refractivity contribution in [3.63, 3.8) is 0 Å². The minimum atomic E-state index is 0.420. The fraction of sp³-hybridized carbons (Fsp3) is 0.625. The van der Waals surface area contributed by atoms with E-state index in [1.165, 1.54) is 11.1 Å². The third kappa shape index (κ3) is 2.95. The average molecular weight is 296 g/mol. The standard InChI is InChI=1S/C16H22ClNO2/c1-2-15-12(4-5-19-15)9-18-10-13-8-14(17)7-11-3-6-20-16(11)13/h7-8,12,15,18H,2-6,9-10H2,1H3. The molecule has 0 aliphatic carbocycles. The molecule has 2 atom stereocenters. The number of ether oxygens (including phenoxy) is 2. The van der Waals surface area contributed by atoms with Crippen molar-refractivity contribution < 1.29 is 9.47 Å². The van der Waals surface area contributed by atoms with Crippen molar-refractivity contribution in [2.24, 2.45) is 5.92 Å². The van der Waals surface area contributed by atoms with Crippen molar-refractivity contribution in [3.8, 4) is 5.75 Å². The Balaban J connectivity index is 1.59. The lowest BCUT2D eigenvalue weighted by atomic mass is 9.99. The average Bonchev–Trinajstić information content (AvgIpc) is 3.06. The first kappa shape index (κ1) is 14.2. The van der Waals surface area contributed by atoms with Gasteiger partial charge in [0.25, 0.3) is 0 Å². The van der Waals surface area contributed by atoms with Gasteiger partial charge in [-0.3, -0.25) is 0 Å². The zero-order valence-electron chi connectivity index (χ0n) is 12.0. The predicted molar refractivity (Wildman–Crippen MR) is 80.5 cm³/mol. The lowest BCUT2D eigenvalue weighted by Crippen LogP contribution is -2.28. The van der Waals surface area contributed by atoms with Crippen molar-refractivity contribution in [2.45, 2.75) is 38.8 Å². The monoisotopic (exact) mass is 295 g/mol. The van der Waals surface area contributed by atoms with Crippen molar-refractivity contribution in [1.82, 2.24) is 5.32 Å². The molecule has 1 fully saturated rings. The van der Waals surface area contributed by atoms with E-state index in [0.717, 1.165) is 56.3 Å². The van der Waals surface area contributed by atoms with E-state index in [1.807, 2.05) is 12.1 Å². The Morgan fingerprint density at radius 3 is 3.10 bits per heavy atom. The van der Waals surface area contributed by atoms with Crippen molar-refractivity contribution >= 4 is 11.6 Å². The minimum absolute atomic E-state index is 0.420. The first-order valence-corrected chi connectivity index (χ1v) is 7.92. The molecule has 2 unspecified atom stereocenters. The van der Waals surface area contributed by atoms with Crippen molar-refractivity contribution in [3.05, 3.63) is 28.3 Å². The van der Waals surface area contributed by atoms with Crippen molar-refractivity contribution in [2.75, 3.05) is 19.8 Å². The van der Waals surface area contributed by atoms with E-state index < -0.39 is 0 Å². The SMILES string of the molecule is CCC1OCCC1CNCc1cc(Cl)cc2c1OCC2. The molecule has 2 aliphatic heterocycles. The molecule has 0 amide bonds. The molecular formula is C16H22ClNO2. The highest BCUT2D eigenvalue weighted by Crippen LogP contribution is 2.33. The summed E-state index contributed by atoms with van der Waals surface area (Å²) in [5.41, 5.74) is 2.42. The molecule has 0 aromatic heterocycles. The van der Waals surface area contributed by atoms with Crippen LogP contribution in [-0.4, -0.2) is 25.9 Å². The van der Waals surface area contributed by atoms with Crippen LogP contribution in [0.25, 0.3) is 0 Å². The van der Waals surface area contributed by atoms with Gasteiger partial charge in [-0.2, -0.15) is 0 Å². The summed E-state index contributed by atoms with van der Waals surface area (Å²) in [7, 11) is 0. The van der Waals surface area contributed by atoms with Crippen LogP contribution in [0.4, 0.5) is 0 Å². The van der Waals surface area contributed by atoms with Crippen LogP contribution >= 0.6 is 11.6 Å². The Labute approximate surface area is 125 Å². The highest BCUT2D eigenvalue weighted by molar-refractivity contribution is 6.30. The normalized spacial score (nSPS) is 24.7. The molecule has 3 rings (SSSR count). The lowest BCUT2D eigenvalue weighted by Gasteiger charge is -2.18. The molecule has 2 heterocycles. The van der Waals surface area contributed by atoms with E-state index >= 15 is 0 Å². The summed E-state index contributed by atoms with van der Waals surface area (Å²) in [4.78, 5) is 0. The van der Waals surface area contributed by atoms with Crippen LogP contribution in [0.2, 0.25) is 5.02 Å². The summed E-state index contributed by atoms with van der Waals surface area (Å²) in [6.45, 7) is 5.69. The van der Waals surface area contributed by atoms with Gasteiger partial charge >= 0.3 is 0 Å². The maximum absolute atomic E-state index is 6.18. The van der Waals surface area contributed by atoms with Gasteiger partial charge in [-0.15, -0.1) is 0 Å². The third-order valence-corrected chi connectivity index (χ3v) is 4.51. The van der Waals surface area contributed by atoms with Crippen LogP contribution in [0, 0.1) is 5.92 Å². The van der Waals surface area contributed by atoms with E-state index in [9.17, 15) is 0 Å². The summed E-state index contributed by atoms with van der Waals surface area (Å²) in [5, 5.41) is 4.35. The van der Waals surface area contributed by atoms with Gasteiger partial charge < -0.3 is 14.8 Å². The fourth-order valence-corrected chi connectivity index (χ4v) is 3.51. The van der Waals surface area contributed by atoms with E-state index in [1.54, 1.807) is 0 Å². The van der Waals surface area contributed by atoms with Gasteiger partial charge in [-0.25, -0.2) is 0 Å². The maximum Gasteiger partial charge on any atom is 0.127 e. The highest BCUT2D eigenvalue weighted by Gasteiger charge is 2.26. The Morgan fingerprint density at radius 1 is 1.35 bits per heavy atom. The van der Waals surface area contributed by atoms with Gasteiger partial charge in [0, 0.05) is 36.7 Å². The molecule has 0 bridgehead atoms. The molecule has 0 saturated carbocycles. The van der Waals surface area contributed by atoms with Gasteiger partial charge in [0.1, 0.15) is 5.75 Å². The second-order valence-corrected chi connectivity index (χ2v) is 6.09. The molecule has 1 N–H and O–H groups in total. The molecule has 4 heteroatoms. The third-order valence-electron chi connectivity index (χ3n) is 4.30. The molecule has 2 aliphatic rings. The van der Waals surface area contributed by atoms with Crippen LogP contribution < -0.4 is 10.1 Å². The Morgan fingerprint density at radius 2 is 2.25 bits per heavy atom. The molecule has 1 aromatic carbocycles. The van der Waals surface area contributed by atoms with Gasteiger partial charge in [-0.05, 0) is 36.5 Å². The highest BCUT2D eigenvalue weighted by atomic mass is 35.5. The number of hydrogen-bond acceptors (Lipinski definition) is 3. The van der Waals surface area contributed by atoms with Gasteiger partial charge in [0.05, 0.1) is 12.7 Å². The molecular weight excluding hydrogens is 274 g/mol. The number of fused-ring (bicyclic) bond motifs is 1. The van der Waals surface area contributed by atoms with Gasteiger partial charge in [0.15, 0.2) is 0 Å². The van der Waals surface area contributed by atoms with E-state index in [2.05, 4.69) is 12.2 Å². The molecule has 1 saturated heterocycles. The van der Waals surface area contributed by atoms with E-state index in [0.29, 0.717) is 12.0 Å². The second-order valence-electron chi connectivity index (χ2n) is 5.65. The smallest absolute Gasteiger partial charge is 0.127 e. The first-order chi connectivity index (χ1) is 9.78. The topological polar surface area (TPSA) is 30.5 Å². The van der Waals surface area contributed by atoms with Crippen molar-refractivity contribution in [1.29, 1.82) is 0 Å². The summed E-state index contributed by atoms with van der Waals surface area (Å²) in [6.07, 6.45) is 3.65. The molecule has 0 radical (unpaired) electrons. The largest absolute Gasteiger partial charge is 0.493 e. The van der Waals surface area contributed by atoms with Gasteiger partial charge in [-0.1, -0.05) is 18.5 Å². The molecule has 1 aromatic rings. The summed E-state index contributed by atoms with van der Waals surface area (Å²) in [6, 6.07) is 4.03. The summed E-state index contributed by atoms with van der Waals surface area (Å²) >= 11 is 6.18. The number of rotatable bonds is 5. The summed E-state index contributed by atoms with van der Waals surface area (Å²) < 4.78 is 11.5. The molecule has 3 nitrogen and oxygen atoms in total. The van der Waals surface area contributed by atoms with Crippen LogP contribution in [0.1, 0.15) is 30.9 Å². The van der Waals surface area contributed by atoms with Gasteiger partial charge in [0.2, 0.25) is 0 Å². The quantitative estimate of drug-likeness (QED) is 0.905. The van der Waals surface area contributed by atoms with Crippen LogP contribution in [0.15, 0.2) is 12.1 Å².